The number of hydrogen-bond donors (Lipinski definition) is 1. The summed E-state index contributed by atoms with van der Waals surface area (Å²) in [5.74, 6) is 0.852. The number of ketones is 1. The summed E-state index contributed by atoms with van der Waals surface area (Å²) < 4.78 is 0. The van der Waals surface area contributed by atoms with Crippen LogP contribution < -0.4 is 10.2 Å². The van der Waals surface area contributed by atoms with Crippen molar-refractivity contribution in [3.05, 3.63) is 83.2 Å². The highest BCUT2D eigenvalue weighted by atomic mass is 16.1. The van der Waals surface area contributed by atoms with E-state index in [0.717, 1.165) is 17.8 Å². The van der Waals surface area contributed by atoms with E-state index < -0.39 is 0 Å². The first-order valence-corrected chi connectivity index (χ1v) is 9.54. The number of aromatic nitrogens is 2. The second-order valence-electron chi connectivity index (χ2n) is 7.41. The molecular weight excluding hydrogens is 348 g/mol. The van der Waals surface area contributed by atoms with E-state index in [1.54, 1.807) is 6.20 Å². The van der Waals surface area contributed by atoms with Gasteiger partial charge in [0.1, 0.15) is 0 Å². The zero-order valence-electron chi connectivity index (χ0n) is 16.2. The molecule has 4 rings (SSSR count). The maximum atomic E-state index is 12.6. The van der Waals surface area contributed by atoms with Crippen molar-refractivity contribution < 1.29 is 4.79 Å². The highest BCUT2D eigenvalue weighted by Gasteiger charge is 2.28. The van der Waals surface area contributed by atoms with E-state index in [4.69, 9.17) is 0 Å². The lowest BCUT2D eigenvalue weighted by Gasteiger charge is -2.24. The van der Waals surface area contributed by atoms with Crippen LogP contribution in [0.3, 0.4) is 0 Å². The molecule has 0 spiro atoms. The minimum absolute atomic E-state index is 0.123. The third-order valence-electron chi connectivity index (χ3n) is 5.21. The normalized spacial score (nSPS) is 15.8. The van der Waals surface area contributed by atoms with Crippen LogP contribution in [0.4, 0.5) is 11.6 Å². The van der Waals surface area contributed by atoms with Gasteiger partial charge in [0.15, 0.2) is 5.78 Å². The number of carbonyl (C=O) groups is 1. The van der Waals surface area contributed by atoms with E-state index in [2.05, 4.69) is 56.6 Å². The molecule has 0 aliphatic heterocycles. The lowest BCUT2D eigenvalue weighted by atomic mass is 9.82. The summed E-state index contributed by atoms with van der Waals surface area (Å²) >= 11 is 0. The fraction of sp³-hybridized carbons (Fsp3) is 0.261. The maximum Gasteiger partial charge on any atom is 0.223 e. The summed E-state index contributed by atoms with van der Waals surface area (Å²) in [5, 5.41) is 3.26. The number of fused-ring (bicyclic) bond motifs is 1. The molecule has 2 aromatic carbocycles. The standard InChI is InChI=1S/C23H24N4O/c1-27(2)19-10-8-17(9-11-19)18-12-21-20(22(28)13-18)15-25-23(26-21)24-14-16-6-4-3-5-7-16/h3-11,15,18H,12-14H2,1-2H3,(H,24,25,26)/t18-/m1/s1. The highest BCUT2D eigenvalue weighted by molar-refractivity contribution is 5.98. The molecule has 0 radical (unpaired) electrons. The Hall–Kier alpha value is -3.21. The summed E-state index contributed by atoms with van der Waals surface area (Å²) in [6.45, 7) is 0.656. The molecule has 5 heteroatoms. The van der Waals surface area contributed by atoms with E-state index in [1.165, 1.54) is 11.1 Å². The minimum Gasteiger partial charge on any atom is -0.378 e. The molecule has 5 nitrogen and oxygen atoms in total. The Morgan fingerprint density at radius 2 is 1.79 bits per heavy atom. The van der Waals surface area contributed by atoms with Crippen LogP contribution in [0.15, 0.2) is 60.8 Å². The molecule has 28 heavy (non-hydrogen) atoms. The fourth-order valence-electron chi connectivity index (χ4n) is 3.59. The Balaban J connectivity index is 1.51. The SMILES string of the molecule is CN(C)c1ccc([C@H]2CC(=O)c3cnc(NCc4ccccc4)nc3C2)cc1. The first kappa shape index (κ1) is 18.2. The number of Topliss-reactive ketones (excluding diaryl/α,β-unsaturated/α-hetero) is 1. The molecule has 0 saturated heterocycles. The largest absolute Gasteiger partial charge is 0.378 e. The van der Waals surface area contributed by atoms with Gasteiger partial charge >= 0.3 is 0 Å². The number of nitrogens with zero attached hydrogens (tertiary/aromatic N) is 3. The second-order valence-corrected chi connectivity index (χ2v) is 7.41. The number of benzene rings is 2. The molecule has 1 aliphatic rings. The van der Waals surface area contributed by atoms with E-state index in [9.17, 15) is 4.79 Å². The Labute approximate surface area is 165 Å². The quantitative estimate of drug-likeness (QED) is 0.732. The Kier molecular flexibility index (Phi) is 5.06. The van der Waals surface area contributed by atoms with Crippen molar-refractivity contribution in [2.45, 2.75) is 25.3 Å². The smallest absolute Gasteiger partial charge is 0.223 e. The van der Waals surface area contributed by atoms with Crippen molar-refractivity contribution in [1.82, 2.24) is 9.97 Å². The number of hydrogen-bond acceptors (Lipinski definition) is 5. The average Bonchev–Trinajstić information content (AvgIpc) is 2.73. The molecule has 0 saturated carbocycles. The Morgan fingerprint density at radius 3 is 2.50 bits per heavy atom. The van der Waals surface area contributed by atoms with Gasteiger partial charge in [-0.15, -0.1) is 0 Å². The molecular formula is C23H24N4O. The monoisotopic (exact) mass is 372 g/mol. The van der Waals surface area contributed by atoms with Crippen molar-refractivity contribution in [2.75, 3.05) is 24.3 Å². The zero-order valence-corrected chi connectivity index (χ0v) is 16.2. The van der Waals surface area contributed by atoms with E-state index in [1.807, 2.05) is 32.3 Å². The molecule has 0 amide bonds. The van der Waals surface area contributed by atoms with Crippen LogP contribution in [0.1, 0.15) is 39.5 Å². The van der Waals surface area contributed by atoms with E-state index in [0.29, 0.717) is 24.5 Å². The van der Waals surface area contributed by atoms with Gasteiger partial charge in [0.05, 0.1) is 11.3 Å². The topological polar surface area (TPSA) is 58.1 Å². The number of carbonyl (C=O) groups excluding carboxylic acids is 1. The van der Waals surface area contributed by atoms with Gasteiger partial charge in [-0.3, -0.25) is 4.79 Å². The number of nitrogens with one attached hydrogen (secondary N) is 1. The Bertz CT molecular complexity index is 968. The number of rotatable bonds is 5. The van der Waals surface area contributed by atoms with Crippen molar-refractivity contribution in [3.63, 3.8) is 0 Å². The van der Waals surface area contributed by atoms with Gasteiger partial charge in [0.25, 0.3) is 0 Å². The van der Waals surface area contributed by atoms with Crippen LogP contribution in [0.5, 0.6) is 0 Å². The van der Waals surface area contributed by atoms with Gasteiger partial charge < -0.3 is 10.2 Å². The summed E-state index contributed by atoms with van der Waals surface area (Å²) in [7, 11) is 4.05. The van der Waals surface area contributed by atoms with Crippen LogP contribution in [0, 0.1) is 0 Å². The van der Waals surface area contributed by atoms with Crippen molar-refractivity contribution in [2.24, 2.45) is 0 Å². The van der Waals surface area contributed by atoms with Gasteiger partial charge in [-0.1, -0.05) is 42.5 Å². The molecule has 1 N–H and O–H groups in total. The second kappa shape index (κ2) is 7.80. The van der Waals surface area contributed by atoms with Crippen LogP contribution >= 0.6 is 0 Å². The molecule has 142 valence electrons. The van der Waals surface area contributed by atoms with Crippen LogP contribution in [-0.2, 0) is 13.0 Å². The van der Waals surface area contributed by atoms with E-state index in [-0.39, 0.29) is 11.7 Å². The van der Waals surface area contributed by atoms with Crippen molar-refractivity contribution in [3.8, 4) is 0 Å². The van der Waals surface area contributed by atoms with Crippen molar-refractivity contribution >= 4 is 17.4 Å². The summed E-state index contributed by atoms with van der Waals surface area (Å²) in [5.41, 5.74) is 5.00. The van der Waals surface area contributed by atoms with Gasteiger partial charge in [0, 0.05) is 38.9 Å². The first-order chi connectivity index (χ1) is 13.6. The van der Waals surface area contributed by atoms with Gasteiger partial charge in [0.2, 0.25) is 5.95 Å². The lowest BCUT2D eigenvalue weighted by Crippen LogP contribution is -2.21. The van der Waals surface area contributed by atoms with Crippen LogP contribution in [0.25, 0.3) is 0 Å². The highest BCUT2D eigenvalue weighted by Crippen LogP contribution is 2.32. The summed E-state index contributed by atoms with van der Waals surface area (Å²) in [4.78, 5) is 23.7. The van der Waals surface area contributed by atoms with E-state index >= 15 is 0 Å². The molecule has 0 unspecified atom stereocenters. The summed E-state index contributed by atoms with van der Waals surface area (Å²) in [6.07, 6.45) is 2.93. The van der Waals surface area contributed by atoms with Gasteiger partial charge in [-0.2, -0.15) is 0 Å². The lowest BCUT2D eigenvalue weighted by molar-refractivity contribution is 0.0962. The minimum atomic E-state index is 0.123. The fourth-order valence-corrected chi connectivity index (χ4v) is 3.59. The Morgan fingerprint density at radius 1 is 1.04 bits per heavy atom. The van der Waals surface area contributed by atoms with Crippen LogP contribution in [0.2, 0.25) is 0 Å². The van der Waals surface area contributed by atoms with Gasteiger partial charge in [-0.25, -0.2) is 9.97 Å². The predicted octanol–water partition coefficient (Wildman–Crippen LogP) is 4.07. The molecule has 1 heterocycles. The third kappa shape index (κ3) is 3.88. The molecule has 0 fully saturated rings. The predicted molar refractivity (Wildman–Crippen MR) is 112 cm³/mol. The van der Waals surface area contributed by atoms with Crippen molar-refractivity contribution in [1.29, 1.82) is 0 Å². The molecule has 1 aromatic heterocycles. The first-order valence-electron chi connectivity index (χ1n) is 9.54. The molecule has 1 aliphatic carbocycles. The molecule has 0 bridgehead atoms. The van der Waals surface area contributed by atoms with Crippen LogP contribution in [-0.4, -0.2) is 29.8 Å². The number of anilines is 2. The maximum absolute atomic E-state index is 12.6. The molecule has 3 aromatic rings. The van der Waals surface area contributed by atoms with Gasteiger partial charge in [-0.05, 0) is 35.6 Å². The summed E-state index contributed by atoms with van der Waals surface area (Å²) in [6, 6.07) is 18.6. The third-order valence-corrected chi connectivity index (χ3v) is 5.21. The zero-order chi connectivity index (χ0) is 19.5. The average molecular weight is 372 g/mol. The molecule has 1 atom stereocenters.